The van der Waals surface area contributed by atoms with Gasteiger partial charge < -0.3 is 0 Å². The Balaban J connectivity index is 1.71. The third-order valence-corrected chi connectivity index (χ3v) is 19.1. The number of fused-ring (bicyclic) bond motifs is 1. The summed E-state index contributed by atoms with van der Waals surface area (Å²) in [5.41, 5.74) is 0. The predicted molar refractivity (Wildman–Crippen MR) is 256 cm³/mol. The molecule has 0 nitrogen and oxygen atoms in total. The predicted octanol–water partition coefficient (Wildman–Crippen LogP) is 19.3. The van der Waals surface area contributed by atoms with Gasteiger partial charge in [-0.2, -0.15) is 0 Å². The minimum absolute atomic E-state index is 0.913. The van der Waals surface area contributed by atoms with Gasteiger partial charge in [0, 0.05) is 0 Å². The lowest BCUT2D eigenvalue weighted by atomic mass is 9.53. The van der Waals surface area contributed by atoms with E-state index in [-0.39, 0.29) is 0 Å². The highest BCUT2D eigenvalue weighted by atomic mass is 14.5. The molecule has 0 N–H and O–H groups in total. The molecule has 4 aliphatic rings. The molecular weight excluding hydrogens is 685 g/mol. The van der Waals surface area contributed by atoms with E-state index in [0.717, 1.165) is 88.8 Å². The van der Waals surface area contributed by atoms with Crippen molar-refractivity contribution in [3.05, 3.63) is 0 Å². The molecule has 13 atom stereocenters. The summed E-state index contributed by atoms with van der Waals surface area (Å²) in [5.74, 6) is 14.6. The van der Waals surface area contributed by atoms with Gasteiger partial charge in [-0.1, -0.05) is 236 Å². The number of hydrogen-bond acceptors (Lipinski definition) is 0. The summed E-state index contributed by atoms with van der Waals surface area (Å²) in [6.07, 6.45) is 49.6. The summed E-state index contributed by atoms with van der Waals surface area (Å²) in [6, 6.07) is 0. The van der Waals surface area contributed by atoms with Crippen LogP contribution in [0.4, 0.5) is 0 Å². The zero-order valence-electron chi connectivity index (χ0n) is 41.0. The average molecular weight is 793 g/mol. The normalized spacial score (nSPS) is 30.4. The Hall–Kier alpha value is 0. The molecule has 336 valence electrons. The van der Waals surface area contributed by atoms with E-state index in [1.54, 1.807) is 57.8 Å². The SMILES string of the molecule is CCCCC(C)C(CCC)C(CC(CC)C1CCCCCC(C)C(C(CC(CC)CC(CC)C(CC)CCC)C2CCCCC2)C2CCCCC12)C1CCCCC1. The van der Waals surface area contributed by atoms with Gasteiger partial charge in [-0.3, -0.25) is 0 Å². The van der Waals surface area contributed by atoms with Crippen LogP contribution in [-0.2, 0) is 0 Å². The molecule has 0 bridgehead atoms. The van der Waals surface area contributed by atoms with Crippen molar-refractivity contribution in [2.24, 2.45) is 88.8 Å². The van der Waals surface area contributed by atoms with Gasteiger partial charge in [0.1, 0.15) is 0 Å². The van der Waals surface area contributed by atoms with Crippen LogP contribution >= 0.6 is 0 Å². The summed E-state index contributed by atoms with van der Waals surface area (Å²) in [7, 11) is 0. The first kappa shape index (κ1) is 49.7. The molecular formula is C57H108. The Morgan fingerprint density at radius 3 is 1.63 bits per heavy atom. The zero-order chi connectivity index (χ0) is 41.0. The standard InChI is InChI=1S/C57H108/c1-10-17-31-43(8)51(30-12-3)55(49-33-22-19-23-34-49)42-48(16-7)52-37-26-18-21-32-44(9)57(54-39-28-27-38-53(52)54)56(50-35-24-20-25-36-50)41-45(13-4)40-47(15-6)46(14-5)29-11-2/h43-57H,10-42H2,1-9H3. The topological polar surface area (TPSA) is 0 Å². The van der Waals surface area contributed by atoms with Crippen LogP contribution in [0.15, 0.2) is 0 Å². The number of rotatable bonds is 24. The minimum atomic E-state index is 0.913. The van der Waals surface area contributed by atoms with Gasteiger partial charge in [-0.15, -0.1) is 0 Å². The Labute approximate surface area is 361 Å². The van der Waals surface area contributed by atoms with Crippen molar-refractivity contribution in [1.29, 1.82) is 0 Å². The Morgan fingerprint density at radius 2 is 1.05 bits per heavy atom. The summed E-state index contributed by atoms with van der Waals surface area (Å²) >= 11 is 0. The van der Waals surface area contributed by atoms with E-state index in [9.17, 15) is 0 Å². The Morgan fingerprint density at radius 1 is 0.474 bits per heavy atom. The summed E-state index contributed by atoms with van der Waals surface area (Å²) in [4.78, 5) is 0. The zero-order valence-corrected chi connectivity index (χ0v) is 41.0. The fourth-order valence-corrected chi connectivity index (χ4v) is 15.9. The molecule has 0 heterocycles. The summed E-state index contributed by atoms with van der Waals surface area (Å²) < 4.78 is 0. The highest BCUT2D eigenvalue weighted by molar-refractivity contribution is 4.96. The quantitative estimate of drug-likeness (QED) is 0.0913. The van der Waals surface area contributed by atoms with Gasteiger partial charge >= 0.3 is 0 Å². The first-order valence-electron chi connectivity index (χ1n) is 27.8. The number of unbranched alkanes of at least 4 members (excludes halogenated alkanes) is 1. The molecule has 0 radical (unpaired) electrons. The third-order valence-electron chi connectivity index (χ3n) is 19.1. The van der Waals surface area contributed by atoms with Crippen molar-refractivity contribution in [1.82, 2.24) is 0 Å². The Kier molecular flexibility index (Phi) is 24.3. The maximum atomic E-state index is 2.83. The monoisotopic (exact) mass is 793 g/mol. The van der Waals surface area contributed by atoms with E-state index in [1.807, 2.05) is 0 Å². The van der Waals surface area contributed by atoms with Crippen molar-refractivity contribution in [2.75, 3.05) is 0 Å². The minimum Gasteiger partial charge on any atom is -0.0654 e. The molecule has 0 aromatic rings. The molecule has 57 heavy (non-hydrogen) atoms. The largest absolute Gasteiger partial charge is 0.0654 e. The van der Waals surface area contributed by atoms with Gasteiger partial charge in [-0.25, -0.2) is 0 Å². The lowest BCUT2D eigenvalue weighted by molar-refractivity contribution is -0.0240. The van der Waals surface area contributed by atoms with Gasteiger partial charge in [-0.05, 0) is 127 Å². The van der Waals surface area contributed by atoms with E-state index in [4.69, 9.17) is 0 Å². The lowest BCUT2D eigenvalue weighted by Crippen LogP contribution is -2.44. The Bertz CT molecular complexity index is 969. The molecule has 4 fully saturated rings. The second kappa shape index (κ2) is 27.8. The molecule has 0 saturated heterocycles. The molecule has 4 aliphatic carbocycles. The highest BCUT2D eigenvalue weighted by Crippen LogP contribution is 2.55. The first-order valence-corrected chi connectivity index (χ1v) is 27.8. The van der Waals surface area contributed by atoms with Crippen LogP contribution in [-0.4, -0.2) is 0 Å². The van der Waals surface area contributed by atoms with Crippen LogP contribution in [0, 0.1) is 88.8 Å². The number of hydrogen-bond donors (Lipinski definition) is 0. The second-order valence-corrected chi connectivity index (χ2v) is 22.4. The molecule has 0 aromatic carbocycles. The van der Waals surface area contributed by atoms with Crippen LogP contribution in [0.2, 0.25) is 0 Å². The van der Waals surface area contributed by atoms with Crippen LogP contribution in [0.1, 0.15) is 274 Å². The molecule has 0 aromatic heterocycles. The molecule has 0 heteroatoms. The van der Waals surface area contributed by atoms with Crippen molar-refractivity contribution in [2.45, 2.75) is 274 Å². The fraction of sp³-hybridized carbons (Fsp3) is 1.00. The third kappa shape index (κ3) is 14.8. The van der Waals surface area contributed by atoms with Crippen molar-refractivity contribution in [3.63, 3.8) is 0 Å². The van der Waals surface area contributed by atoms with Gasteiger partial charge in [0.15, 0.2) is 0 Å². The van der Waals surface area contributed by atoms with Crippen LogP contribution < -0.4 is 0 Å². The molecule has 4 rings (SSSR count). The van der Waals surface area contributed by atoms with Crippen LogP contribution in [0.25, 0.3) is 0 Å². The molecule has 13 unspecified atom stereocenters. The fourth-order valence-electron chi connectivity index (χ4n) is 15.9. The van der Waals surface area contributed by atoms with E-state index >= 15 is 0 Å². The van der Waals surface area contributed by atoms with Crippen molar-refractivity contribution < 1.29 is 0 Å². The maximum Gasteiger partial charge on any atom is -0.0326 e. The first-order chi connectivity index (χ1) is 27.8. The highest BCUT2D eigenvalue weighted by Gasteiger charge is 2.47. The van der Waals surface area contributed by atoms with Crippen LogP contribution in [0.3, 0.4) is 0 Å². The molecule has 0 spiro atoms. The van der Waals surface area contributed by atoms with Crippen molar-refractivity contribution >= 4 is 0 Å². The van der Waals surface area contributed by atoms with E-state index in [0.29, 0.717) is 0 Å². The van der Waals surface area contributed by atoms with E-state index in [2.05, 4.69) is 62.3 Å². The van der Waals surface area contributed by atoms with Gasteiger partial charge in [0.2, 0.25) is 0 Å². The second-order valence-electron chi connectivity index (χ2n) is 22.4. The average Bonchev–Trinajstić information content (AvgIpc) is 3.25. The lowest BCUT2D eigenvalue weighted by Gasteiger charge is -2.52. The summed E-state index contributed by atoms with van der Waals surface area (Å²) in [6.45, 7) is 23.3. The van der Waals surface area contributed by atoms with E-state index in [1.165, 1.54) is 154 Å². The van der Waals surface area contributed by atoms with Gasteiger partial charge in [0.25, 0.3) is 0 Å². The van der Waals surface area contributed by atoms with Crippen LogP contribution in [0.5, 0.6) is 0 Å². The molecule has 0 amide bonds. The maximum absolute atomic E-state index is 2.83. The summed E-state index contributed by atoms with van der Waals surface area (Å²) in [5, 5.41) is 0. The molecule has 4 saturated carbocycles. The smallest absolute Gasteiger partial charge is 0.0326 e. The molecule has 0 aliphatic heterocycles. The van der Waals surface area contributed by atoms with Crippen molar-refractivity contribution in [3.8, 4) is 0 Å². The van der Waals surface area contributed by atoms with E-state index < -0.39 is 0 Å². The van der Waals surface area contributed by atoms with Gasteiger partial charge in [0.05, 0.1) is 0 Å².